The summed E-state index contributed by atoms with van der Waals surface area (Å²) in [4.78, 5) is 4.51. The highest BCUT2D eigenvalue weighted by Gasteiger charge is 2.10. The van der Waals surface area contributed by atoms with Crippen LogP contribution in [0.3, 0.4) is 0 Å². The first-order valence-electron chi connectivity index (χ1n) is 7.40. The SMILES string of the molecule is C(=CC=CC1CCCCC1)=NC1CCCCC1. The van der Waals surface area contributed by atoms with Crippen molar-refractivity contribution in [1.29, 1.82) is 0 Å². The highest BCUT2D eigenvalue weighted by molar-refractivity contribution is 5.55. The topological polar surface area (TPSA) is 12.4 Å². The van der Waals surface area contributed by atoms with Gasteiger partial charge in [-0.3, -0.25) is 0 Å². The fraction of sp³-hybridized carbons (Fsp3) is 0.750. The maximum absolute atomic E-state index is 4.51. The molecule has 0 N–H and O–H groups in total. The summed E-state index contributed by atoms with van der Waals surface area (Å²) in [6.45, 7) is 0. The quantitative estimate of drug-likeness (QED) is 0.494. The molecule has 0 unspecified atom stereocenters. The monoisotopic (exact) mass is 231 g/mol. The van der Waals surface area contributed by atoms with E-state index < -0.39 is 0 Å². The van der Waals surface area contributed by atoms with Crippen molar-refractivity contribution in [2.24, 2.45) is 10.9 Å². The summed E-state index contributed by atoms with van der Waals surface area (Å²) in [5.74, 6) is 3.92. The summed E-state index contributed by atoms with van der Waals surface area (Å²) in [6, 6.07) is 0.558. The molecule has 94 valence electrons. The Balaban J connectivity index is 1.71. The van der Waals surface area contributed by atoms with Gasteiger partial charge in [-0.25, -0.2) is 4.99 Å². The minimum atomic E-state index is 0.558. The van der Waals surface area contributed by atoms with Crippen LogP contribution in [0.2, 0.25) is 0 Å². The van der Waals surface area contributed by atoms with E-state index in [9.17, 15) is 0 Å². The van der Waals surface area contributed by atoms with Gasteiger partial charge in [0.25, 0.3) is 0 Å². The van der Waals surface area contributed by atoms with Crippen LogP contribution in [0.25, 0.3) is 0 Å². The molecule has 0 aromatic heterocycles. The van der Waals surface area contributed by atoms with Crippen LogP contribution in [0.1, 0.15) is 64.2 Å². The molecule has 1 nitrogen and oxygen atoms in total. The average molecular weight is 231 g/mol. The van der Waals surface area contributed by atoms with E-state index >= 15 is 0 Å². The van der Waals surface area contributed by atoms with Gasteiger partial charge in [0.1, 0.15) is 0 Å². The predicted octanol–water partition coefficient (Wildman–Crippen LogP) is 4.68. The number of hydrogen-bond acceptors (Lipinski definition) is 1. The molecule has 2 aliphatic carbocycles. The van der Waals surface area contributed by atoms with Crippen LogP contribution in [0.4, 0.5) is 0 Å². The van der Waals surface area contributed by atoms with Crippen LogP contribution in [0.5, 0.6) is 0 Å². The molecule has 0 bridgehead atoms. The van der Waals surface area contributed by atoms with Gasteiger partial charge in [-0.15, -0.1) is 0 Å². The van der Waals surface area contributed by atoms with E-state index in [0.29, 0.717) is 6.04 Å². The highest BCUT2D eigenvalue weighted by Crippen LogP contribution is 2.24. The molecule has 0 amide bonds. The second kappa shape index (κ2) is 7.50. The molecule has 0 spiro atoms. The Hall–Kier alpha value is -0.810. The second-order valence-corrected chi connectivity index (χ2v) is 5.50. The van der Waals surface area contributed by atoms with E-state index in [1.54, 1.807) is 0 Å². The first-order valence-corrected chi connectivity index (χ1v) is 7.40. The normalized spacial score (nSPS) is 23.5. The molecule has 0 aromatic rings. The number of hydrogen-bond donors (Lipinski definition) is 0. The summed E-state index contributed by atoms with van der Waals surface area (Å²) < 4.78 is 0. The van der Waals surface area contributed by atoms with Gasteiger partial charge in [0.2, 0.25) is 0 Å². The van der Waals surface area contributed by atoms with Crippen molar-refractivity contribution in [3.8, 4) is 0 Å². The third-order valence-electron chi connectivity index (χ3n) is 4.04. The number of nitrogens with zero attached hydrogens (tertiary/aromatic N) is 1. The van der Waals surface area contributed by atoms with Crippen molar-refractivity contribution < 1.29 is 0 Å². The number of aliphatic imine (C=N–C) groups is 1. The number of rotatable bonds is 3. The molecule has 1 heteroatoms. The lowest BCUT2D eigenvalue weighted by Gasteiger charge is -2.17. The molecule has 2 aliphatic rings. The molecule has 0 saturated heterocycles. The van der Waals surface area contributed by atoms with E-state index in [2.05, 4.69) is 23.0 Å². The smallest absolute Gasteiger partial charge is 0.0594 e. The zero-order valence-electron chi connectivity index (χ0n) is 10.9. The Kier molecular flexibility index (Phi) is 5.58. The van der Waals surface area contributed by atoms with E-state index in [4.69, 9.17) is 0 Å². The fourth-order valence-corrected chi connectivity index (χ4v) is 2.94. The van der Waals surface area contributed by atoms with Crippen LogP contribution < -0.4 is 0 Å². The van der Waals surface area contributed by atoms with Gasteiger partial charge in [0.05, 0.1) is 6.04 Å². The van der Waals surface area contributed by atoms with Crippen molar-refractivity contribution in [3.63, 3.8) is 0 Å². The van der Waals surface area contributed by atoms with Gasteiger partial charge in [-0.1, -0.05) is 50.7 Å². The van der Waals surface area contributed by atoms with Gasteiger partial charge in [0, 0.05) is 0 Å². The minimum absolute atomic E-state index is 0.558. The molecular weight excluding hydrogens is 206 g/mol. The van der Waals surface area contributed by atoms with Crippen LogP contribution >= 0.6 is 0 Å². The lowest BCUT2D eigenvalue weighted by molar-refractivity contribution is 0.419. The van der Waals surface area contributed by atoms with Gasteiger partial charge < -0.3 is 0 Å². The lowest BCUT2D eigenvalue weighted by atomic mass is 9.89. The van der Waals surface area contributed by atoms with Crippen molar-refractivity contribution in [2.75, 3.05) is 0 Å². The maximum Gasteiger partial charge on any atom is 0.0594 e. The zero-order chi connectivity index (χ0) is 11.8. The zero-order valence-corrected chi connectivity index (χ0v) is 10.9. The molecular formula is C16H25N. The summed E-state index contributed by atoms with van der Waals surface area (Å²) in [7, 11) is 0. The van der Waals surface area contributed by atoms with Crippen LogP contribution in [0, 0.1) is 5.92 Å². The largest absolute Gasteiger partial charge is 0.240 e. The molecule has 0 heterocycles. The summed E-state index contributed by atoms with van der Waals surface area (Å²) >= 11 is 0. The average Bonchev–Trinajstić information content (AvgIpc) is 2.41. The van der Waals surface area contributed by atoms with Gasteiger partial charge in [-0.2, -0.15) is 0 Å². The minimum Gasteiger partial charge on any atom is -0.240 e. The van der Waals surface area contributed by atoms with E-state index in [-0.39, 0.29) is 0 Å². The molecule has 0 atom stereocenters. The number of allylic oxidation sites excluding steroid dienone is 3. The molecule has 2 saturated carbocycles. The molecule has 2 fully saturated rings. The Bertz CT molecular complexity index is 285. The third-order valence-corrected chi connectivity index (χ3v) is 4.04. The van der Waals surface area contributed by atoms with Gasteiger partial charge in [0.15, 0.2) is 0 Å². The standard InChI is InChI=1S/C16H25N/c1-3-9-15(10-4-1)11-7-8-14-17-16-12-5-2-6-13-16/h7-8,11,15-16H,1-6,9-10,12-13H2. The molecule has 0 aromatic carbocycles. The Labute approximate surface area is 106 Å². The first kappa shape index (κ1) is 12.6. The van der Waals surface area contributed by atoms with E-state index in [1.807, 2.05) is 6.08 Å². The van der Waals surface area contributed by atoms with Gasteiger partial charge in [-0.05, 0) is 43.5 Å². The molecule has 0 radical (unpaired) electrons. The fourth-order valence-electron chi connectivity index (χ4n) is 2.94. The molecule has 17 heavy (non-hydrogen) atoms. The Morgan fingerprint density at radius 3 is 2.18 bits per heavy atom. The summed E-state index contributed by atoms with van der Waals surface area (Å²) in [6.07, 6.45) is 20.2. The molecule has 2 rings (SSSR count). The Morgan fingerprint density at radius 2 is 1.47 bits per heavy atom. The third kappa shape index (κ3) is 4.91. The predicted molar refractivity (Wildman–Crippen MR) is 74.6 cm³/mol. The van der Waals surface area contributed by atoms with Crippen molar-refractivity contribution in [1.82, 2.24) is 0 Å². The van der Waals surface area contributed by atoms with Crippen LogP contribution in [-0.2, 0) is 0 Å². The Morgan fingerprint density at radius 1 is 0.824 bits per heavy atom. The summed E-state index contributed by atoms with van der Waals surface area (Å²) in [5, 5.41) is 0. The second-order valence-electron chi connectivity index (χ2n) is 5.50. The molecule has 0 aliphatic heterocycles. The van der Waals surface area contributed by atoms with Crippen LogP contribution in [-0.4, -0.2) is 11.9 Å². The van der Waals surface area contributed by atoms with Gasteiger partial charge >= 0.3 is 0 Å². The van der Waals surface area contributed by atoms with Crippen molar-refractivity contribution in [3.05, 3.63) is 18.2 Å². The first-order chi connectivity index (χ1) is 8.45. The lowest BCUT2D eigenvalue weighted by Crippen LogP contribution is -2.08. The van der Waals surface area contributed by atoms with E-state index in [0.717, 1.165) is 5.92 Å². The van der Waals surface area contributed by atoms with Crippen molar-refractivity contribution >= 4 is 5.87 Å². The van der Waals surface area contributed by atoms with Crippen molar-refractivity contribution in [2.45, 2.75) is 70.3 Å². The summed E-state index contributed by atoms with van der Waals surface area (Å²) in [5.41, 5.74) is 0. The van der Waals surface area contributed by atoms with E-state index in [1.165, 1.54) is 64.2 Å². The van der Waals surface area contributed by atoms with Crippen LogP contribution in [0.15, 0.2) is 23.2 Å². The highest BCUT2D eigenvalue weighted by atomic mass is 14.8. The maximum atomic E-state index is 4.51.